The van der Waals surface area contributed by atoms with Crippen molar-refractivity contribution in [3.05, 3.63) is 35.6 Å². The molecule has 1 atom stereocenters. The monoisotopic (exact) mass is 292 g/mol. The minimum absolute atomic E-state index is 0.151. The highest BCUT2D eigenvalue weighted by atomic mass is 19.1. The van der Waals surface area contributed by atoms with Crippen LogP contribution in [0.4, 0.5) is 4.39 Å². The van der Waals surface area contributed by atoms with Crippen LogP contribution in [-0.4, -0.2) is 42.4 Å². The van der Waals surface area contributed by atoms with E-state index in [9.17, 15) is 9.18 Å². The maximum Gasteiger partial charge on any atom is 0.223 e. The van der Waals surface area contributed by atoms with E-state index in [-0.39, 0.29) is 11.7 Å². The molecular weight excluding hydrogens is 267 g/mol. The van der Waals surface area contributed by atoms with Crippen molar-refractivity contribution in [1.82, 2.24) is 9.80 Å². The molecule has 1 aromatic carbocycles. The molecule has 1 amide bonds. The van der Waals surface area contributed by atoms with E-state index in [1.54, 1.807) is 17.0 Å². The Kier molecular flexibility index (Phi) is 5.74. The van der Waals surface area contributed by atoms with E-state index in [4.69, 9.17) is 0 Å². The van der Waals surface area contributed by atoms with E-state index in [1.165, 1.54) is 25.0 Å². The Balaban J connectivity index is 1.75. The van der Waals surface area contributed by atoms with Crippen molar-refractivity contribution in [2.75, 3.05) is 26.7 Å². The molecule has 1 saturated heterocycles. The van der Waals surface area contributed by atoms with Crippen LogP contribution in [0.2, 0.25) is 0 Å². The smallest absolute Gasteiger partial charge is 0.223 e. The zero-order chi connectivity index (χ0) is 15.2. The van der Waals surface area contributed by atoms with Gasteiger partial charge in [-0.15, -0.1) is 0 Å². The van der Waals surface area contributed by atoms with E-state index in [1.807, 2.05) is 7.05 Å². The van der Waals surface area contributed by atoms with Crippen molar-refractivity contribution >= 4 is 5.91 Å². The lowest BCUT2D eigenvalue weighted by molar-refractivity contribution is -0.130. The largest absolute Gasteiger partial charge is 0.341 e. The highest BCUT2D eigenvalue weighted by Gasteiger charge is 2.17. The minimum Gasteiger partial charge on any atom is -0.341 e. The van der Waals surface area contributed by atoms with Gasteiger partial charge in [-0.1, -0.05) is 19.1 Å². The maximum atomic E-state index is 12.9. The number of rotatable bonds is 5. The van der Waals surface area contributed by atoms with Crippen molar-refractivity contribution in [3.63, 3.8) is 0 Å². The molecule has 1 unspecified atom stereocenters. The zero-order valence-corrected chi connectivity index (χ0v) is 13.0. The van der Waals surface area contributed by atoms with Gasteiger partial charge < -0.3 is 9.80 Å². The number of carbonyl (C=O) groups is 1. The highest BCUT2D eigenvalue weighted by molar-refractivity contribution is 5.76. The van der Waals surface area contributed by atoms with Gasteiger partial charge in [-0.25, -0.2) is 4.39 Å². The van der Waals surface area contributed by atoms with Gasteiger partial charge in [0.25, 0.3) is 0 Å². The van der Waals surface area contributed by atoms with E-state index >= 15 is 0 Å². The Hall–Kier alpha value is -1.42. The molecule has 3 nitrogen and oxygen atoms in total. The Labute approximate surface area is 126 Å². The van der Waals surface area contributed by atoms with Gasteiger partial charge in [-0.3, -0.25) is 4.79 Å². The number of carbonyl (C=O) groups excluding carboxylic acids is 1. The molecule has 0 aliphatic carbocycles. The average molecular weight is 292 g/mol. The molecule has 0 bridgehead atoms. The molecular formula is C17H25FN2O. The molecule has 0 N–H and O–H groups in total. The first-order chi connectivity index (χ1) is 10.0. The summed E-state index contributed by atoms with van der Waals surface area (Å²) in [5.74, 6) is 0.648. The first-order valence-electron chi connectivity index (χ1n) is 7.75. The van der Waals surface area contributed by atoms with Gasteiger partial charge in [-0.2, -0.15) is 0 Å². The molecule has 1 aromatic rings. The summed E-state index contributed by atoms with van der Waals surface area (Å²) in [7, 11) is 1.81. The Morgan fingerprint density at radius 2 is 2.10 bits per heavy atom. The maximum absolute atomic E-state index is 12.9. The van der Waals surface area contributed by atoms with Crippen molar-refractivity contribution in [2.24, 2.45) is 5.92 Å². The first-order valence-corrected chi connectivity index (χ1v) is 7.75. The van der Waals surface area contributed by atoms with E-state index in [2.05, 4.69) is 11.8 Å². The lowest BCUT2D eigenvalue weighted by Crippen LogP contribution is -2.37. The Morgan fingerprint density at radius 3 is 2.76 bits per heavy atom. The molecule has 21 heavy (non-hydrogen) atoms. The molecule has 1 aliphatic rings. The number of amides is 1. The Morgan fingerprint density at radius 1 is 1.38 bits per heavy atom. The van der Waals surface area contributed by atoms with E-state index in [0.717, 1.165) is 31.1 Å². The fourth-order valence-electron chi connectivity index (χ4n) is 2.89. The number of benzene rings is 1. The van der Waals surface area contributed by atoms with Crippen molar-refractivity contribution in [3.8, 4) is 0 Å². The summed E-state index contributed by atoms with van der Waals surface area (Å²) >= 11 is 0. The van der Waals surface area contributed by atoms with Crippen LogP contribution in [0.3, 0.4) is 0 Å². The third-order valence-electron chi connectivity index (χ3n) is 4.14. The molecule has 0 spiro atoms. The van der Waals surface area contributed by atoms with Crippen molar-refractivity contribution in [1.29, 1.82) is 0 Å². The molecule has 1 fully saturated rings. The number of nitrogens with zero attached hydrogens (tertiary/aromatic N) is 2. The summed E-state index contributed by atoms with van der Waals surface area (Å²) in [5.41, 5.74) is 0.957. The topological polar surface area (TPSA) is 23.6 Å². The van der Waals surface area contributed by atoms with Gasteiger partial charge >= 0.3 is 0 Å². The lowest BCUT2D eigenvalue weighted by atomic mass is 10.0. The standard InChI is InChI=1S/C17H25FN2O/c1-14-4-3-10-20(12-14)11-9-17(21)19(2)13-15-5-7-16(18)8-6-15/h5-8,14H,3-4,9-13H2,1-2H3. The van der Waals surface area contributed by atoms with Crippen LogP contribution in [0.25, 0.3) is 0 Å². The van der Waals surface area contributed by atoms with Crippen LogP contribution in [0.15, 0.2) is 24.3 Å². The van der Waals surface area contributed by atoms with Gasteiger partial charge in [0.05, 0.1) is 0 Å². The summed E-state index contributed by atoms with van der Waals surface area (Å²) in [6, 6.07) is 6.32. The van der Waals surface area contributed by atoms with Crippen molar-refractivity contribution in [2.45, 2.75) is 32.7 Å². The van der Waals surface area contributed by atoms with Crippen LogP contribution in [0.1, 0.15) is 31.7 Å². The number of hydrogen-bond acceptors (Lipinski definition) is 2. The number of hydrogen-bond donors (Lipinski definition) is 0. The fourth-order valence-corrected chi connectivity index (χ4v) is 2.89. The van der Waals surface area contributed by atoms with Gasteiger partial charge in [-0.05, 0) is 43.0 Å². The summed E-state index contributed by atoms with van der Waals surface area (Å²) in [6.07, 6.45) is 3.10. The molecule has 0 radical (unpaired) electrons. The van der Waals surface area contributed by atoms with Crippen LogP contribution in [0.5, 0.6) is 0 Å². The molecule has 1 heterocycles. The highest BCUT2D eigenvalue weighted by Crippen LogP contribution is 2.15. The second-order valence-electron chi connectivity index (χ2n) is 6.17. The van der Waals surface area contributed by atoms with Gasteiger partial charge in [0, 0.05) is 33.1 Å². The van der Waals surface area contributed by atoms with Crippen LogP contribution in [-0.2, 0) is 11.3 Å². The molecule has 0 saturated carbocycles. The number of halogens is 1. The normalized spacial score (nSPS) is 19.5. The second-order valence-corrected chi connectivity index (χ2v) is 6.17. The quantitative estimate of drug-likeness (QED) is 0.833. The molecule has 116 valence electrons. The first kappa shape index (κ1) is 16.0. The SMILES string of the molecule is CC1CCCN(CCC(=O)N(C)Cc2ccc(F)cc2)C1. The molecule has 2 rings (SSSR count). The molecule has 0 aromatic heterocycles. The second kappa shape index (κ2) is 7.55. The molecule has 1 aliphatic heterocycles. The molecule has 4 heteroatoms. The van der Waals surface area contributed by atoms with E-state index < -0.39 is 0 Å². The van der Waals surface area contributed by atoms with E-state index in [0.29, 0.717) is 13.0 Å². The Bertz CT molecular complexity index is 460. The van der Waals surface area contributed by atoms with Gasteiger partial charge in [0.1, 0.15) is 5.82 Å². The van der Waals surface area contributed by atoms with Gasteiger partial charge in [0.15, 0.2) is 0 Å². The van der Waals surface area contributed by atoms with Gasteiger partial charge in [0.2, 0.25) is 5.91 Å². The summed E-state index contributed by atoms with van der Waals surface area (Å²) in [6.45, 7) is 5.87. The minimum atomic E-state index is -0.244. The van der Waals surface area contributed by atoms with Crippen molar-refractivity contribution < 1.29 is 9.18 Å². The van der Waals surface area contributed by atoms with Crippen LogP contribution >= 0.6 is 0 Å². The number of piperidine rings is 1. The van der Waals surface area contributed by atoms with Crippen LogP contribution < -0.4 is 0 Å². The fraction of sp³-hybridized carbons (Fsp3) is 0.588. The predicted molar refractivity (Wildman–Crippen MR) is 82.3 cm³/mol. The third-order valence-corrected chi connectivity index (χ3v) is 4.14. The summed E-state index contributed by atoms with van der Waals surface area (Å²) in [4.78, 5) is 16.3. The number of likely N-dealkylation sites (tertiary alicyclic amines) is 1. The average Bonchev–Trinajstić information content (AvgIpc) is 2.47. The lowest BCUT2D eigenvalue weighted by Gasteiger charge is -2.31. The summed E-state index contributed by atoms with van der Waals surface area (Å²) < 4.78 is 12.9. The summed E-state index contributed by atoms with van der Waals surface area (Å²) in [5, 5.41) is 0. The third kappa shape index (κ3) is 5.12. The zero-order valence-electron chi connectivity index (χ0n) is 13.0. The predicted octanol–water partition coefficient (Wildman–Crippen LogP) is 2.91. The van der Waals surface area contributed by atoms with Crippen LogP contribution in [0, 0.1) is 11.7 Å².